The lowest BCUT2D eigenvalue weighted by molar-refractivity contribution is -0.114. The van der Waals surface area contributed by atoms with E-state index in [4.69, 9.17) is 14.3 Å². The Morgan fingerprint density at radius 2 is 1.78 bits per heavy atom. The molecule has 11 heteroatoms. The third-order valence-electron chi connectivity index (χ3n) is 6.48. The number of amides is 2. The highest BCUT2D eigenvalue weighted by Crippen LogP contribution is 2.29. The zero-order valence-corrected chi connectivity index (χ0v) is 23.2. The van der Waals surface area contributed by atoms with Crippen LogP contribution in [-0.2, 0) is 14.8 Å². The van der Waals surface area contributed by atoms with Crippen molar-refractivity contribution in [3.8, 4) is 17.1 Å². The van der Waals surface area contributed by atoms with Gasteiger partial charge in [0, 0.05) is 22.9 Å². The Morgan fingerprint density at radius 3 is 2.49 bits per heavy atom. The van der Waals surface area contributed by atoms with Crippen molar-refractivity contribution in [2.45, 2.75) is 18.7 Å². The van der Waals surface area contributed by atoms with Crippen LogP contribution in [0.3, 0.4) is 0 Å². The number of benzene rings is 3. The third kappa shape index (κ3) is 5.81. The minimum Gasteiger partial charge on any atom is -0.497 e. The number of sulfonamides is 1. The number of hydrogen-bond acceptors (Lipinski definition) is 7. The molecule has 0 bridgehead atoms. The van der Waals surface area contributed by atoms with E-state index in [9.17, 15) is 18.0 Å². The van der Waals surface area contributed by atoms with E-state index in [0.717, 1.165) is 5.56 Å². The predicted octanol–water partition coefficient (Wildman–Crippen LogP) is 4.97. The van der Waals surface area contributed by atoms with E-state index in [-0.39, 0.29) is 10.8 Å². The van der Waals surface area contributed by atoms with Gasteiger partial charge < -0.3 is 14.5 Å². The van der Waals surface area contributed by atoms with Crippen LogP contribution >= 0.6 is 0 Å². The van der Waals surface area contributed by atoms with Crippen molar-refractivity contribution in [2.24, 2.45) is 10.2 Å². The van der Waals surface area contributed by atoms with Gasteiger partial charge in [0.25, 0.3) is 11.8 Å². The van der Waals surface area contributed by atoms with Crippen LogP contribution in [0.5, 0.6) is 5.75 Å². The van der Waals surface area contributed by atoms with Gasteiger partial charge in [0.05, 0.1) is 29.0 Å². The van der Waals surface area contributed by atoms with Crippen LogP contribution in [0.15, 0.2) is 98.8 Å². The van der Waals surface area contributed by atoms with Gasteiger partial charge in [-0.2, -0.15) is 10.1 Å². The quantitative estimate of drug-likeness (QED) is 0.300. The fourth-order valence-electron chi connectivity index (χ4n) is 4.28. The molecule has 2 heterocycles. The third-order valence-corrected chi connectivity index (χ3v) is 7.41. The zero-order chi connectivity index (χ0) is 29.3. The average Bonchev–Trinajstić information content (AvgIpc) is 3.53. The van der Waals surface area contributed by atoms with E-state index in [1.807, 2.05) is 19.1 Å². The van der Waals surface area contributed by atoms with Crippen molar-refractivity contribution in [2.75, 3.05) is 17.4 Å². The minimum atomic E-state index is -3.86. The molecule has 208 valence electrons. The van der Waals surface area contributed by atoms with Crippen LogP contribution in [0, 0.1) is 6.92 Å². The topological polar surface area (TPSA) is 144 Å². The van der Waals surface area contributed by atoms with Crippen molar-refractivity contribution in [1.29, 1.82) is 0 Å². The molecule has 0 spiro atoms. The molecule has 0 atom stereocenters. The van der Waals surface area contributed by atoms with Crippen molar-refractivity contribution in [3.63, 3.8) is 0 Å². The molecule has 41 heavy (non-hydrogen) atoms. The molecule has 1 aliphatic heterocycles. The molecule has 0 saturated carbocycles. The molecular formula is C30H26N4O6S. The summed E-state index contributed by atoms with van der Waals surface area (Å²) < 4.78 is 34.3. The fourth-order valence-corrected chi connectivity index (χ4v) is 4.80. The molecule has 1 aromatic heterocycles. The number of methoxy groups -OCH3 is 1. The average molecular weight is 571 g/mol. The second-order valence-corrected chi connectivity index (χ2v) is 10.9. The second-order valence-electron chi connectivity index (χ2n) is 9.32. The summed E-state index contributed by atoms with van der Waals surface area (Å²) in [7, 11) is -2.29. The lowest BCUT2D eigenvalue weighted by Gasteiger charge is -2.12. The Morgan fingerprint density at radius 1 is 1.02 bits per heavy atom. The smallest absolute Gasteiger partial charge is 0.280 e. The van der Waals surface area contributed by atoms with Gasteiger partial charge in [0.15, 0.2) is 0 Å². The van der Waals surface area contributed by atoms with Crippen LogP contribution in [0.25, 0.3) is 17.4 Å². The molecule has 0 unspecified atom stereocenters. The SMILES string of the molecule is COc1cccc(NC(=O)c2cc(-c3ccc(/C=C4\C(=O)N(c5ccc(S(N)(=O)=O)cc5)N=C4C)o3)ccc2C)c1. The van der Waals surface area contributed by atoms with Gasteiger partial charge in [-0.1, -0.05) is 18.2 Å². The maximum Gasteiger partial charge on any atom is 0.280 e. The number of furan rings is 1. The normalized spacial score (nSPS) is 14.3. The molecule has 3 aromatic carbocycles. The molecule has 0 aliphatic carbocycles. The summed E-state index contributed by atoms with van der Waals surface area (Å²) in [6.45, 7) is 3.55. The lowest BCUT2D eigenvalue weighted by Crippen LogP contribution is -2.21. The van der Waals surface area contributed by atoms with Gasteiger partial charge >= 0.3 is 0 Å². The summed E-state index contributed by atoms with van der Waals surface area (Å²) in [4.78, 5) is 26.1. The monoisotopic (exact) mass is 570 g/mol. The van der Waals surface area contributed by atoms with Crippen LogP contribution in [0.4, 0.5) is 11.4 Å². The number of nitrogens with zero attached hydrogens (tertiary/aromatic N) is 2. The molecule has 10 nitrogen and oxygen atoms in total. The highest BCUT2D eigenvalue weighted by molar-refractivity contribution is 7.89. The first-order valence-corrected chi connectivity index (χ1v) is 14.0. The van der Waals surface area contributed by atoms with E-state index in [1.165, 1.54) is 29.3 Å². The molecular weight excluding hydrogens is 544 g/mol. The Labute approximate surface area is 236 Å². The second kappa shape index (κ2) is 10.9. The Bertz CT molecular complexity index is 1840. The Kier molecular flexibility index (Phi) is 7.31. The summed E-state index contributed by atoms with van der Waals surface area (Å²) in [5.74, 6) is 0.910. The van der Waals surface area contributed by atoms with Crippen LogP contribution in [0.2, 0.25) is 0 Å². The first-order valence-electron chi connectivity index (χ1n) is 12.4. The summed E-state index contributed by atoms with van der Waals surface area (Å²) in [6, 6.07) is 21.6. The molecule has 5 rings (SSSR count). The largest absolute Gasteiger partial charge is 0.497 e. The summed E-state index contributed by atoms with van der Waals surface area (Å²) >= 11 is 0. The molecule has 0 radical (unpaired) electrons. The van der Waals surface area contributed by atoms with E-state index in [0.29, 0.717) is 51.1 Å². The van der Waals surface area contributed by atoms with Crippen molar-refractivity contribution >= 4 is 45.0 Å². The number of carbonyl (C=O) groups excluding carboxylic acids is 2. The number of rotatable bonds is 7. The number of hydrazone groups is 1. The number of aryl methyl sites for hydroxylation is 1. The molecule has 0 saturated heterocycles. The summed E-state index contributed by atoms with van der Waals surface area (Å²) in [6.07, 6.45) is 1.59. The van der Waals surface area contributed by atoms with E-state index >= 15 is 0 Å². The maximum absolute atomic E-state index is 13.1. The number of ether oxygens (including phenoxy) is 1. The van der Waals surface area contributed by atoms with Crippen LogP contribution in [-0.4, -0.2) is 33.1 Å². The highest BCUT2D eigenvalue weighted by Gasteiger charge is 2.29. The highest BCUT2D eigenvalue weighted by atomic mass is 32.2. The molecule has 0 fully saturated rings. The Hall–Kier alpha value is -5.00. The molecule has 1 aliphatic rings. The summed E-state index contributed by atoms with van der Waals surface area (Å²) in [5.41, 5.74) is 3.77. The van der Waals surface area contributed by atoms with Gasteiger partial charge in [0.2, 0.25) is 10.0 Å². The van der Waals surface area contributed by atoms with E-state index in [2.05, 4.69) is 10.4 Å². The maximum atomic E-state index is 13.1. The number of primary sulfonamides is 1. The van der Waals surface area contributed by atoms with E-state index in [1.54, 1.807) is 62.6 Å². The van der Waals surface area contributed by atoms with Crippen molar-refractivity contribution in [1.82, 2.24) is 0 Å². The van der Waals surface area contributed by atoms with Gasteiger partial charge in [0.1, 0.15) is 17.3 Å². The zero-order valence-electron chi connectivity index (χ0n) is 22.4. The van der Waals surface area contributed by atoms with Gasteiger partial charge in [-0.15, -0.1) is 0 Å². The van der Waals surface area contributed by atoms with Crippen molar-refractivity contribution in [3.05, 3.63) is 101 Å². The van der Waals surface area contributed by atoms with E-state index < -0.39 is 15.9 Å². The van der Waals surface area contributed by atoms with Crippen molar-refractivity contribution < 1.29 is 27.2 Å². The fraction of sp³-hybridized carbons (Fsp3) is 0.100. The van der Waals surface area contributed by atoms with Gasteiger partial charge in [-0.05, 0) is 80.1 Å². The Balaban J connectivity index is 1.36. The first kappa shape index (κ1) is 27.6. The van der Waals surface area contributed by atoms with Gasteiger partial charge in [-0.3, -0.25) is 9.59 Å². The van der Waals surface area contributed by atoms with Crippen LogP contribution < -0.4 is 20.2 Å². The minimum absolute atomic E-state index is 0.0653. The predicted molar refractivity (Wildman–Crippen MR) is 156 cm³/mol. The first-order chi connectivity index (χ1) is 19.5. The lowest BCUT2D eigenvalue weighted by atomic mass is 10.0. The number of nitrogens with one attached hydrogen (secondary N) is 1. The number of carbonyl (C=O) groups is 2. The standard InChI is InChI=1S/C30H26N4O6S/c1-18-7-8-20(15-26(18)29(35)32-21-5-4-6-23(16-21)39-3)28-14-11-24(40-28)17-27-19(2)33-34(30(27)36)22-9-12-25(13-10-22)41(31,37)38/h4-17H,1-3H3,(H,32,35)(H2,31,37,38)/b27-17-. The number of hydrogen-bond donors (Lipinski definition) is 2. The number of anilines is 2. The van der Waals surface area contributed by atoms with Crippen LogP contribution in [0.1, 0.15) is 28.6 Å². The molecule has 3 N–H and O–H groups in total. The molecule has 4 aromatic rings. The van der Waals surface area contributed by atoms with Gasteiger partial charge in [-0.25, -0.2) is 13.6 Å². The summed E-state index contributed by atoms with van der Waals surface area (Å²) in [5, 5.41) is 13.5. The molecule has 2 amide bonds. The number of nitrogens with two attached hydrogens (primary N) is 1.